The lowest BCUT2D eigenvalue weighted by molar-refractivity contribution is -0.399. The van der Waals surface area contributed by atoms with Crippen molar-refractivity contribution < 1.29 is 4.58 Å². The topological polar surface area (TPSA) is 9.49 Å². The number of likely N-dealkylation sites (N-methyl/N-ethyl adjacent to an activating group) is 1. The van der Waals surface area contributed by atoms with Crippen molar-refractivity contribution in [2.75, 3.05) is 23.9 Å². The first-order chi connectivity index (χ1) is 26.2. The number of hydrogen-bond donors (Lipinski definition) is 0. The Hall–Kier alpha value is -5.93. The molecular formula is C51H48N3+. The van der Waals surface area contributed by atoms with E-state index in [1.807, 2.05) is 0 Å². The summed E-state index contributed by atoms with van der Waals surface area (Å²) in [7, 11) is 4.48. The SMILES string of the molecule is CN1C(=C/C=C2\CCC(/C=C/C3=[N+](C)c4c(ccc5ccccc45)C3(C)C)=C2N(c2ccccc2)c2ccccc2)C(C)(C)c2ccc3ccccc3c21. The van der Waals surface area contributed by atoms with Crippen molar-refractivity contribution in [1.82, 2.24) is 0 Å². The van der Waals surface area contributed by atoms with E-state index in [9.17, 15) is 0 Å². The second-order valence-corrected chi connectivity index (χ2v) is 16.1. The van der Waals surface area contributed by atoms with Gasteiger partial charge in [0, 0.05) is 46.6 Å². The number of fused-ring (bicyclic) bond motifs is 6. The molecule has 1 aliphatic carbocycles. The lowest BCUT2D eigenvalue weighted by atomic mass is 9.80. The molecule has 0 atom stereocenters. The first-order valence-corrected chi connectivity index (χ1v) is 19.3. The van der Waals surface area contributed by atoms with E-state index in [0.717, 1.165) is 24.2 Å². The molecular weight excluding hydrogens is 655 g/mol. The maximum atomic E-state index is 2.47. The first-order valence-electron chi connectivity index (χ1n) is 19.3. The molecule has 0 unspecified atom stereocenters. The van der Waals surface area contributed by atoms with E-state index in [-0.39, 0.29) is 10.8 Å². The van der Waals surface area contributed by atoms with Crippen molar-refractivity contribution in [2.24, 2.45) is 0 Å². The third-order valence-electron chi connectivity index (χ3n) is 12.2. The molecule has 9 rings (SSSR count). The number of allylic oxidation sites excluding steroid dienone is 7. The highest BCUT2D eigenvalue weighted by Gasteiger charge is 2.44. The van der Waals surface area contributed by atoms with E-state index in [1.54, 1.807) is 0 Å². The van der Waals surface area contributed by atoms with Crippen molar-refractivity contribution in [3.05, 3.63) is 191 Å². The molecule has 0 saturated carbocycles. The molecule has 0 saturated heterocycles. The van der Waals surface area contributed by atoms with Crippen LogP contribution in [0.25, 0.3) is 21.5 Å². The molecule has 0 amide bonds. The number of para-hydroxylation sites is 2. The van der Waals surface area contributed by atoms with E-state index in [2.05, 4.69) is 214 Å². The van der Waals surface area contributed by atoms with Gasteiger partial charge in [-0.05, 0) is 90.6 Å². The van der Waals surface area contributed by atoms with E-state index < -0.39 is 0 Å². The fraction of sp³-hybridized carbons (Fsp3) is 0.196. The standard InChI is InChI=1S/C51H48N3/c1-50(2)43-31-27-35-17-13-15-23-41(35)48(43)52(5)45(50)33-29-37-25-26-38(47(37)54(39-19-9-7-10-20-39)40-21-11-8-12-22-40)30-34-46-51(3,4)44-32-28-36-18-14-16-24-42(36)49(44)53(46)6/h7-24,27-34H,25-26H2,1-6H3/q+1. The third kappa shape index (κ3) is 5.28. The third-order valence-corrected chi connectivity index (χ3v) is 12.2. The van der Waals surface area contributed by atoms with Gasteiger partial charge in [0.1, 0.15) is 7.05 Å². The maximum absolute atomic E-state index is 2.47. The highest BCUT2D eigenvalue weighted by Crippen LogP contribution is 2.51. The van der Waals surface area contributed by atoms with E-state index >= 15 is 0 Å². The van der Waals surface area contributed by atoms with Crippen LogP contribution in [0.2, 0.25) is 0 Å². The summed E-state index contributed by atoms with van der Waals surface area (Å²) in [6, 6.07) is 48.5. The second kappa shape index (κ2) is 12.9. The van der Waals surface area contributed by atoms with Gasteiger partial charge in [-0.1, -0.05) is 129 Å². The van der Waals surface area contributed by atoms with Gasteiger partial charge in [0.15, 0.2) is 5.71 Å². The normalized spacial score (nSPS) is 18.9. The van der Waals surface area contributed by atoms with Gasteiger partial charge in [-0.25, -0.2) is 0 Å². The fourth-order valence-electron chi connectivity index (χ4n) is 9.48. The van der Waals surface area contributed by atoms with Crippen LogP contribution in [-0.4, -0.2) is 24.4 Å². The summed E-state index contributed by atoms with van der Waals surface area (Å²) >= 11 is 0. The van der Waals surface area contributed by atoms with Gasteiger partial charge in [-0.15, -0.1) is 0 Å². The Labute approximate surface area is 320 Å². The molecule has 2 heterocycles. The number of anilines is 3. The molecule has 0 N–H and O–H groups in total. The summed E-state index contributed by atoms with van der Waals surface area (Å²) in [5.74, 6) is 0. The summed E-state index contributed by atoms with van der Waals surface area (Å²) in [6.45, 7) is 9.47. The Balaban J connectivity index is 1.20. The van der Waals surface area contributed by atoms with Crippen molar-refractivity contribution in [3.8, 4) is 0 Å². The molecule has 0 spiro atoms. The summed E-state index contributed by atoms with van der Waals surface area (Å²) in [6.07, 6.45) is 11.6. The van der Waals surface area contributed by atoms with Gasteiger partial charge < -0.3 is 9.80 Å². The fourth-order valence-corrected chi connectivity index (χ4v) is 9.48. The van der Waals surface area contributed by atoms with E-state index in [0.29, 0.717) is 0 Å². The predicted octanol–water partition coefficient (Wildman–Crippen LogP) is 12.7. The number of hydrogen-bond acceptors (Lipinski definition) is 2. The zero-order valence-electron chi connectivity index (χ0n) is 32.3. The highest BCUT2D eigenvalue weighted by atomic mass is 15.2. The molecule has 3 aliphatic rings. The molecule has 0 bridgehead atoms. The van der Waals surface area contributed by atoms with Crippen molar-refractivity contribution in [2.45, 2.75) is 51.4 Å². The van der Waals surface area contributed by atoms with Gasteiger partial charge in [0.2, 0.25) is 5.69 Å². The van der Waals surface area contributed by atoms with E-state index in [4.69, 9.17) is 0 Å². The average Bonchev–Trinajstić information content (AvgIpc) is 3.74. The molecule has 2 aliphatic heterocycles. The largest absolute Gasteiger partial charge is 0.347 e. The Morgan fingerprint density at radius 2 is 1.17 bits per heavy atom. The summed E-state index contributed by atoms with van der Waals surface area (Å²) in [5, 5.41) is 5.18. The average molecular weight is 703 g/mol. The molecule has 3 heteroatoms. The first kappa shape index (κ1) is 33.9. The van der Waals surface area contributed by atoms with Gasteiger partial charge in [-0.3, -0.25) is 0 Å². The lowest BCUT2D eigenvalue weighted by Crippen LogP contribution is -2.26. The van der Waals surface area contributed by atoms with Gasteiger partial charge >= 0.3 is 0 Å². The van der Waals surface area contributed by atoms with Gasteiger partial charge in [-0.2, -0.15) is 4.58 Å². The Morgan fingerprint density at radius 1 is 0.593 bits per heavy atom. The van der Waals surface area contributed by atoms with Crippen molar-refractivity contribution in [3.63, 3.8) is 0 Å². The molecule has 54 heavy (non-hydrogen) atoms. The quantitative estimate of drug-likeness (QED) is 0.160. The molecule has 6 aromatic rings. The van der Waals surface area contributed by atoms with Crippen LogP contribution in [0.1, 0.15) is 51.7 Å². The summed E-state index contributed by atoms with van der Waals surface area (Å²) in [5.41, 5.74) is 14.0. The molecule has 0 aromatic heterocycles. The summed E-state index contributed by atoms with van der Waals surface area (Å²) in [4.78, 5) is 4.90. The molecule has 0 radical (unpaired) electrons. The molecule has 3 nitrogen and oxygen atoms in total. The van der Waals surface area contributed by atoms with Crippen LogP contribution < -0.4 is 9.80 Å². The van der Waals surface area contributed by atoms with Crippen LogP contribution in [0, 0.1) is 0 Å². The monoisotopic (exact) mass is 702 g/mol. The summed E-state index contributed by atoms with van der Waals surface area (Å²) < 4.78 is 2.43. The minimum atomic E-state index is -0.136. The van der Waals surface area contributed by atoms with Crippen LogP contribution in [0.3, 0.4) is 0 Å². The Morgan fingerprint density at radius 3 is 1.83 bits per heavy atom. The molecule has 266 valence electrons. The van der Waals surface area contributed by atoms with Crippen molar-refractivity contribution >= 4 is 50.0 Å². The van der Waals surface area contributed by atoms with Crippen LogP contribution in [0.5, 0.6) is 0 Å². The number of benzene rings is 6. The van der Waals surface area contributed by atoms with Crippen molar-refractivity contribution in [1.29, 1.82) is 0 Å². The van der Waals surface area contributed by atoms with Gasteiger partial charge in [0.25, 0.3) is 0 Å². The number of rotatable bonds is 6. The molecule has 6 aromatic carbocycles. The van der Waals surface area contributed by atoms with Crippen LogP contribution in [-0.2, 0) is 10.8 Å². The highest BCUT2D eigenvalue weighted by molar-refractivity contribution is 6.07. The minimum Gasteiger partial charge on any atom is -0.347 e. The van der Waals surface area contributed by atoms with Crippen LogP contribution >= 0.6 is 0 Å². The van der Waals surface area contributed by atoms with Crippen LogP contribution in [0.15, 0.2) is 180 Å². The predicted molar refractivity (Wildman–Crippen MR) is 230 cm³/mol. The van der Waals surface area contributed by atoms with Gasteiger partial charge in [0.05, 0.1) is 22.2 Å². The zero-order valence-corrected chi connectivity index (χ0v) is 32.3. The Bertz CT molecular complexity index is 2580. The Kier molecular flexibility index (Phi) is 8.08. The van der Waals surface area contributed by atoms with Crippen LogP contribution in [0.4, 0.5) is 22.7 Å². The second-order valence-electron chi connectivity index (χ2n) is 16.1. The number of nitrogens with zero attached hydrogens (tertiary/aromatic N) is 3. The maximum Gasteiger partial charge on any atom is 0.217 e. The smallest absolute Gasteiger partial charge is 0.217 e. The zero-order chi connectivity index (χ0) is 37.2. The molecule has 0 fully saturated rings. The lowest BCUT2D eigenvalue weighted by Gasteiger charge is -2.29. The minimum absolute atomic E-state index is 0.136. The van der Waals surface area contributed by atoms with E-state index in [1.165, 1.54) is 72.3 Å².